The molecule has 0 unspecified atom stereocenters. The Morgan fingerprint density at radius 3 is 2.08 bits per heavy atom. The molecule has 0 fully saturated rings. The van der Waals surface area contributed by atoms with Crippen molar-refractivity contribution in [1.29, 1.82) is 5.41 Å². The molecule has 2 aromatic carbocycles. The van der Waals surface area contributed by atoms with Gasteiger partial charge in [-0.3, -0.25) is 5.41 Å². The summed E-state index contributed by atoms with van der Waals surface area (Å²) in [7, 11) is 6.35. The molecule has 0 atom stereocenters. The summed E-state index contributed by atoms with van der Waals surface area (Å²) in [5.41, 5.74) is 6.21. The second-order valence-electron chi connectivity index (χ2n) is 7.68. The first-order chi connectivity index (χ1) is 11.7. The van der Waals surface area contributed by atoms with Crippen LogP contribution in [0.4, 0.5) is 11.4 Å². The van der Waals surface area contributed by atoms with Crippen molar-refractivity contribution in [3.05, 3.63) is 53.6 Å². The molecule has 0 saturated heterocycles. The Morgan fingerprint density at radius 1 is 0.920 bits per heavy atom. The van der Waals surface area contributed by atoms with E-state index in [0.717, 1.165) is 16.7 Å². The van der Waals surface area contributed by atoms with E-state index in [1.807, 2.05) is 6.08 Å². The maximum absolute atomic E-state index is 8.88. The zero-order valence-corrected chi connectivity index (χ0v) is 17.1. The minimum absolute atomic E-state index is 0.627. The van der Waals surface area contributed by atoms with Crippen molar-refractivity contribution >= 4 is 41.6 Å². The summed E-state index contributed by atoms with van der Waals surface area (Å²) in [6, 6.07) is 11.0. The fourth-order valence-electron chi connectivity index (χ4n) is 3.67. The fraction of sp³-hybridized carbons (Fsp3) is 0.286. The highest BCUT2D eigenvalue weighted by atomic mass is 28.3. The normalized spacial score (nSPS) is 14.6. The number of benzene rings is 2. The number of fused-ring (bicyclic) bond motifs is 2. The van der Waals surface area contributed by atoms with Crippen LogP contribution in [-0.2, 0) is 0 Å². The largest absolute Gasteiger partial charge is 0.378 e. The minimum atomic E-state index is -1.92. The number of anilines is 2. The van der Waals surface area contributed by atoms with E-state index in [1.54, 1.807) is 0 Å². The smallest absolute Gasteiger partial charge is 0.114 e. The predicted molar refractivity (Wildman–Crippen MR) is 114 cm³/mol. The molecule has 1 aliphatic rings. The number of rotatable bonds is 3. The van der Waals surface area contributed by atoms with Crippen LogP contribution in [0.2, 0.25) is 13.1 Å². The molecular weight excluding hydrogens is 322 g/mol. The minimum Gasteiger partial charge on any atom is -0.378 e. The molecule has 0 radical (unpaired) electrons. The van der Waals surface area contributed by atoms with Crippen molar-refractivity contribution in [2.75, 3.05) is 38.0 Å². The van der Waals surface area contributed by atoms with Crippen molar-refractivity contribution in [1.82, 2.24) is 0 Å². The quantitative estimate of drug-likeness (QED) is 0.864. The van der Waals surface area contributed by atoms with Gasteiger partial charge in [0, 0.05) is 45.1 Å². The van der Waals surface area contributed by atoms with Crippen molar-refractivity contribution in [3.8, 4) is 0 Å². The molecule has 130 valence electrons. The maximum Gasteiger partial charge on any atom is 0.114 e. The first kappa shape index (κ1) is 17.5. The van der Waals surface area contributed by atoms with Gasteiger partial charge in [0.25, 0.3) is 0 Å². The van der Waals surface area contributed by atoms with E-state index < -0.39 is 8.07 Å². The summed E-state index contributed by atoms with van der Waals surface area (Å²) < 4.78 is 0. The summed E-state index contributed by atoms with van der Waals surface area (Å²) in [6.07, 6.45) is 1.89. The highest BCUT2D eigenvalue weighted by Crippen LogP contribution is 2.28. The molecule has 0 amide bonds. The van der Waals surface area contributed by atoms with E-state index >= 15 is 0 Å². The second-order valence-corrected chi connectivity index (χ2v) is 12.0. The van der Waals surface area contributed by atoms with E-state index in [9.17, 15) is 0 Å². The highest BCUT2D eigenvalue weighted by Gasteiger charge is 2.38. The molecule has 0 spiro atoms. The van der Waals surface area contributed by atoms with Crippen LogP contribution in [0.3, 0.4) is 0 Å². The molecule has 3 nitrogen and oxygen atoms in total. The average molecular weight is 350 g/mol. The number of hydrogen-bond donors (Lipinski definition) is 1. The molecule has 1 N–H and O–H groups in total. The van der Waals surface area contributed by atoms with Gasteiger partial charge in [0.1, 0.15) is 8.07 Å². The van der Waals surface area contributed by atoms with Gasteiger partial charge in [-0.25, -0.2) is 0 Å². The summed E-state index contributed by atoms with van der Waals surface area (Å²) >= 11 is 0. The molecule has 0 aromatic heterocycles. The van der Waals surface area contributed by atoms with Crippen LogP contribution in [0, 0.1) is 5.41 Å². The van der Waals surface area contributed by atoms with Gasteiger partial charge in [0.15, 0.2) is 0 Å². The first-order valence-electron chi connectivity index (χ1n) is 8.58. The first-order valence-corrected chi connectivity index (χ1v) is 11.6. The lowest BCUT2D eigenvalue weighted by atomic mass is 9.95. The van der Waals surface area contributed by atoms with E-state index in [2.05, 4.69) is 88.0 Å². The summed E-state index contributed by atoms with van der Waals surface area (Å²) in [5, 5.41) is 11.6. The lowest BCUT2D eigenvalue weighted by Crippen LogP contribution is -2.60. The van der Waals surface area contributed by atoms with Gasteiger partial charge >= 0.3 is 0 Å². The zero-order chi connectivity index (χ0) is 18.5. The van der Waals surface area contributed by atoms with Crippen molar-refractivity contribution in [3.63, 3.8) is 0 Å². The summed E-state index contributed by atoms with van der Waals surface area (Å²) in [4.78, 5) is 4.27. The lowest BCUT2D eigenvalue weighted by molar-refractivity contribution is 1.13. The monoisotopic (exact) mass is 349 g/mol. The van der Waals surface area contributed by atoms with Gasteiger partial charge in [0.05, 0.1) is 5.71 Å². The van der Waals surface area contributed by atoms with Crippen LogP contribution in [0.15, 0.2) is 36.9 Å². The summed E-state index contributed by atoms with van der Waals surface area (Å²) in [6.45, 7) is 8.79. The predicted octanol–water partition coefficient (Wildman–Crippen LogP) is 3.01. The zero-order valence-electron chi connectivity index (χ0n) is 16.1. The van der Waals surface area contributed by atoms with Crippen LogP contribution < -0.4 is 20.2 Å². The van der Waals surface area contributed by atoms with Gasteiger partial charge < -0.3 is 9.80 Å². The number of nitrogens with one attached hydrogen (secondary N) is 1. The van der Waals surface area contributed by atoms with Gasteiger partial charge in [-0.1, -0.05) is 31.8 Å². The molecule has 0 saturated carbocycles. The third kappa shape index (κ3) is 2.61. The molecule has 25 heavy (non-hydrogen) atoms. The lowest BCUT2D eigenvalue weighted by Gasteiger charge is -2.36. The fourth-order valence-corrected chi connectivity index (χ4v) is 6.75. The molecule has 4 heteroatoms. The third-order valence-corrected chi connectivity index (χ3v) is 8.78. The summed E-state index contributed by atoms with van der Waals surface area (Å²) in [5.74, 6) is 0. The Bertz CT molecular complexity index is 879. The Labute approximate surface area is 152 Å². The molecule has 3 rings (SSSR count). The Hall–Kier alpha value is -2.33. The van der Waals surface area contributed by atoms with Crippen LogP contribution in [0.25, 0.3) is 6.08 Å². The van der Waals surface area contributed by atoms with E-state index in [4.69, 9.17) is 5.41 Å². The van der Waals surface area contributed by atoms with Crippen LogP contribution in [0.1, 0.15) is 16.7 Å². The molecule has 1 heterocycles. The van der Waals surface area contributed by atoms with Gasteiger partial charge in [-0.05, 0) is 45.8 Å². The molecule has 0 aliphatic carbocycles. The standard InChI is InChI=1S/C21H27N3Si/c1-8-14-11-16(24(4)5)13-19-20(14)21(22)17-10-9-15(23(2)3)12-18(17)25(19,6)7/h8-13,22H,1H2,2-7H3. The highest BCUT2D eigenvalue weighted by molar-refractivity contribution is 7.02. The molecule has 1 aliphatic heterocycles. The van der Waals surface area contributed by atoms with Gasteiger partial charge in [-0.15, -0.1) is 0 Å². The van der Waals surface area contributed by atoms with Crippen molar-refractivity contribution in [2.45, 2.75) is 13.1 Å². The van der Waals surface area contributed by atoms with Crippen LogP contribution in [0.5, 0.6) is 0 Å². The third-order valence-electron chi connectivity index (χ3n) is 5.28. The maximum atomic E-state index is 8.88. The van der Waals surface area contributed by atoms with E-state index in [1.165, 1.54) is 21.7 Å². The SMILES string of the molecule is C=Cc1cc(N(C)C)cc2c1C(=N)c1ccc(N(C)C)cc1[Si]2(C)C. The Balaban J connectivity index is 2.35. The average Bonchev–Trinajstić information content (AvgIpc) is 2.58. The molecular formula is C21H27N3Si. The topological polar surface area (TPSA) is 30.3 Å². The van der Waals surface area contributed by atoms with E-state index in [-0.39, 0.29) is 0 Å². The Morgan fingerprint density at radius 2 is 1.52 bits per heavy atom. The van der Waals surface area contributed by atoms with Crippen LogP contribution >= 0.6 is 0 Å². The van der Waals surface area contributed by atoms with Crippen molar-refractivity contribution in [2.24, 2.45) is 0 Å². The molecule has 2 aromatic rings. The second kappa shape index (κ2) is 5.88. The van der Waals surface area contributed by atoms with Crippen molar-refractivity contribution < 1.29 is 0 Å². The Kier molecular flexibility index (Phi) is 4.11. The van der Waals surface area contributed by atoms with Crippen LogP contribution in [-0.4, -0.2) is 42.0 Å². The number of nitrogens with zero attached hydrogens (tertiary/aromatic N) is 2. The van der Waals surface area contributed by atoms with Gasteiger partial charge in [0.2, 0.25) is 0 Å². The molecule has 0 bridgehead atoms. The number of hydrogen-bond acceptors (Lipinski definition) is 3. The van der Waals surface area contributed by atoms with E-state index in [0.29, 0.717) is 5.71 Å². The van der Waals surface area contributed by atoms with Gasteiger partial charge in [-0.2, -0.15) is 0 Å².